The van der Waals surface area contributed by atoms with Crippen molar-refractivity contribution in [3.05, 3.63) is 0 Å². The van der Waals surface area contributed by atoms with Crippen molar-refractivity contribution in [1.29, 1.82) is 0 Å². The van der Waals surface area contributed by atoms with Crippen molar-refractivity contribution in [3.63, 3.8) is 0 Å². The van der Waals surface area contributed by atoms with Gasteiger partial charge in [0.05, 0.1) is 12.7 Å². The first kappa shape index (κ1) is 15.4. The second kappa shape index (κ2) is 7.10. The van der Waals surface area contributed by atoms with Crippen molar-refractivity contribution in [2.24, 2.45) is 11.8 Å². The second-order valence-corrected chi connectivity index (χ2v) is 5.94. The Bertz CT molecular complexity index is 268. The van der Waals surface area contributed by atoms with Crippen LogP contribution < -0.4 is 5.32 Å². The fourth-order valence-electron chi connectivity index (χ4n) is 2.47. The third kappa shape index (κ3) is 4.94. The zero-order chi connectivity index (χ0) is 13.7. The molecular weight excluding hydrogens is 230 g/mol. The van der Waals surface area contributed by atoms with Gasteiger partial charge >= 0.3 is 5.97 Å². The van der Waals surface area contributed by atoms with Gasteiger partial charge in [0.2, 0.25) is 0 Å². The van der Waals surface area contributed by atoms with E-state index >= 15 is 0 Å². The third-order valence-corrected chi connectivity index (χ3v) is 3.88. The molecule has 0 aromatic carbocycles. The molecule has 1 saturated carbocycles. The van der Waals surface area contributed by atoms with E-state index in [1.807, 2.05) is 13.8 Å². The highest BCUT2D eigenvalue weighted by molar-refractivity contribution is 5.73. The van der Waals surface area contributed by atoms with E-state index in [4.69, 9.17) is 9.84 Å². The van der Waals surface area contributed by atoms with Crippen LogP contribution >= 0.6 is 0 Å². The van der Waals surface area contributed by atoms with Gasteiger partial charge in [0, 0.05) is 6.04 Å². The fourth-order valence-corrected chi connectivity index (χ4v) is 2.47. The van der Waals surface area contributed by atoms with Crippen LogP contribution in [0, 0.1) is 11.8 Å². The van der Waals surface area contributed by atoms with Crippen LogP contribution in [0.15, 0.2) is 0 Å². The van der Waals surface area contributed by atoms with Gasteiger partial charge in [-0.05, 0) is 31.1 Å². The number of rotatable bonds is 6. The molecule has 2 N–H and O–H groups in total. The Morgan fingerprint density at radius 1 is 1.33 bits per heavy atom. The van der Waals surface area contributed by atoms with Gasteiger partial charge in [-0.1, -0.05) is 27.7 Å². The van der Waals surface area contributed by atoms with Crippen LogP contribution in [0.4, 0.5) is 0 Å². The van der Waals surface area contributed by atoms with Crippen molar-refractivity contribution < 1.29 is 14.6 Å². The van der Waals surface area contributed by atoms with Crippen molar-refractivity contribution in [2.45, 2.75) is 65.1 Å². The molecule has 4 nitrogen and oxygen atoms in total. The molecule has 1 aliphatic rings. The zero-order valence-corrected chi connectivity index (χ0v) is 12.0. The number of carboxylic acid groups (broad SMARTS) is 1. The van der Waals surface area contributed by atoms with E-state index in [0.29, 0.717) is 5.92 Å². The second-order valence-electron chi connectivity index (χ2n) is 5.94. The quantitative estimate of drug-likeness (QED) is 0.766. The summed E-state index contributed by atoms with van der Waals surface area (Å²) in [5.41, 5.74) is 0. The summed E-state index contributed by atoms with van der Waals surface area (Å²) in [7, 11) is 0. The average Bonchev–Trinajstić information content (AvgIpc) is 2.28. The van der Waals surface area contributed by atoms with Crippen molar-refractivity contribution in [1.82, 2.24) is 5.32 Å². The fraction of sp³-hybridized carbons (Fsp3) is 0.929. The standard InChI is InChI=1S/C14H27NO3/c1-9(2)15-13(14(16)17)8-18-12-6-5-10(3)11(4)7-12/h9-13,15H,5-8H2,1-4H3,(H,16,17). The minimum absolute atomic E-state index is 0.153. The van der Waals surface area contributed by atoms with Gasteiger partial charge in [0.25, 0.3) is 0 Å². The third-order valence-electron chi connectivity index (χ3n) is 3.88. The van der Waals surface area contributed by atoms with E-state index in [9.17, 15) is 4.79 Å². The molecule has 18 heavy (non-hydrogen) atoms. The van der Waals surface area contributed by atoms with Gasteiger partial charge in [-0.2, -0.15) is 0 Å². The summed E-state index contributed by atoms with van der Waals surface area (Å²) in [4.78, 5) is 11.1. The first-order valence-corrected chi connectivity index (χ1v) is 7.00. The molecule has 0 heterocycles. The minimum Gasteiger partial charge on any atom is -0.480 e. The SMILES string of the molecule is CC(C)NC(COC1CCC(C)C(C)C1)C(=O)O. The van der Waals surface area contributed by atoms with Crippen LogP contribution in [0.3, 0.4) is 0 Å². The molecule has 0 spiro atoms. The van der Waals surface area contributed by atoms with Crippen molar-refractivity contribution >= 4 is 5.97 Å². The monoisotopic (exact) mass is 257 g/mol. The van der Waals surface area contributed by atoms with Gasteiger partial charge in [0.1, 0.15) is 6.04 Å². The van der Waals surface area contributed by atoms with Gasteiger partial charge in [-0.25, -0.2) is 0 Å². The van der Waals surface area contributed by atoms with Crippen LogP contribution in [0.25, 0.3) is 0 Å². The number of hydrogen-bond acceptors (Lipinski definition) is 3. The van der Waals surface area contributed by atoms with Gasteiger partial charge in [-0.3, -0.25) is 4.79 Å². The molecule has 1 rings (SSSR count). The van der Waals surface area contributed by atoms with Gasteiger partial charge in [-0.15, -0.1) is 0 Å². The molecule has 106 valence electrons. The summed E-state index contributed by atoms with van der Waals surface area (Å²) >= 11 is 0. The lowest BCUT2D eigenvalue weighted by atomic mass is 9.80. The summed E-state index contributed by atoms with van der Waals surface area (Å²) in [6.07, 6.45) is 3.52. The average molecular weight is 257 g/mol. The van der Waals surface area contributed by atoms with E-state index in [0.717, 1.165) is 18.8 Å². The number of ether oxygens (including phenoxy) is 1. The predicted octanol–water partition coefficient (Wildman–Crippen LogP) is 2.28. The Hall–Kier alpha value is -0.610. The number of aliphatic carboxylic acids is 1. The normalized spacial score (nSPS) is 30.4. The molecular formula is C14H27NO3. The largest absolute Gasteiger partial charge is 0.480 e. The maximum absolute atomic E-state index is 11.1. The summed E-state index contributed by atoms with van der Waals surface area (Å²) in [5, 5.41) is 12.1. The molecule has 0 aromatic rings. The molecule has 1 aliphatic carbocycles. The van der Waals surface area contributed by atoms with E-state index in [1.54, 1.807) is 0 Å². The highest BCUT2D eigenvalue weighted by Crippen LogP contribution is 2.30. The molecule has 1 fully saturated rings. The van der Waals surface area contributed by atoms with Crippen molar-refractivity contribution in [3.8, 4) is 0 Å². The summed E-state index contributed by atoms with van der Waals surface area (Å²) < 4.78 is 5.78. The Kier molecular flexibility index (Phi) is 6.09. The lowest BCUT2D eigenvalue weighted by Crippen LogP contribution is -2.45. The van der Waals surface area contributed by atoms with Crippen molar-refractivity contribution in [2.75, 3.05) is 6.61 Å². The Labute approximate surface area is 110 Å². The van der Waals surface area contributed by atoms with Crippen LogP contribution in [0.5, 0.6) is 0 Å². The van der Waals surface area contributed by atoms with Crippen LogP contribution in [-0.2, 0) is 9.53 Å². The number of carboxylic acids is 1. The maximum atomic E-state index is 11.1. The molecule has 4 heteroatoms. The Morgan fingerprint density at radius 3 is 2.50 bits per heavy atom. The molecule has 0 bridgehead atoms. The molecule has 0 radical (unpaired) electrons. The highest BCUT2D eigenvalue weighted by atomic mass is 16.5. The molecule has 0 saturated heterocycles. The van der Waals surface area contributed by atoms with Crippen LogP contribution in [0.1, 0.15) is 47.0 Å². The molecule has 0 amide bonds. The van der Waals surface area contributed by atoms with Crippen LogP contribution in [-0.4, -0.2) is 35.9 Å². The molecule has 4 unspecified atom stereocenters. The van der Waals surface area contributed by atoms with Gasteiger partial charge in [0.15, 0.2) is 0 Å². The molecule has 4 atom stereocenters. The lowest BCUT2D eigenvalue weighted by Gasteiger charge is -2.32. The topological polar surface area (TPSA) is 58.6 Å². The number of carbonyl (C=O) groups is 1. The maximum Gasteiger partial charge on any atom is 0.323 e. The Morgan fingerprint density at radius 2 is 2.00 bits per heavy atom. The van der Waals surface area contributed by atoms with E-state index in [-0.39, 0.29) is 18.8 Å². The van der Waals surface area contributed by atoms with E-state index < -0.39 is 12.0 Å². The predicted molar refractivity (Wildman–Crippen MR) is 71.6 cm³/mol. The lowest BCUT2D eigenvalue weighted by molar-refractivity contribution is -0.142. The summed E-state index contributed by atoms with van der Waals surface area (Å²) in [6, 6.07) is -0.445. The first-order valence-electron chi connectivity index (χ1n) is 7.00. The minimum atomic E-state index is -0.832. The number of hydrogen-bond donors (Lipinski definition) is 2. The molecule has 0 aliphatic heterocycles. The van der Waals surface area contributed by atoms with Crippen LogP contribution in [0.2, 0.25) is 0 Å². The smallest absolute Gasteiger partial charge is 0.323 e. The molecule has 0 aromatic heterocycles. The summed E-state index contributed by atoms with van der Waals surface area (Å²) in [6.45, 7) is 8.68. The van der Waals surface area contributed by atoms with E-state index in [2.05, 4.69) is 19.2 Å². The number of nitrogens with one attached hydrogen (secondary N) is 1. The Balaban J connectivity index is 2.36. The highest BCUT2D eigenvalue weighted by Gasteiger charge is 2.27. The van der Waals surface area contributed by atoms with E-state index in [1.165, 1.54) is 6.42 Å². The van der Waals surface area contributed by atoms with Gasteiger partial charge < -0.3 is 15.2 Å². The zero-order valence-electron chi connectivity index (χ0n) is 12.0. The first-order chi connectivity index (χ1) is 8.40. The summed E-state index contributed by atoms with van der Waals surface area (Å²) in [5.74, 6) is 0.597.